The van der Waals surface area contributed by atoms with Crippen LogP contribution in [0.1, 0.15) is 23.5 Å². The predicted octanol–water partition coefficient (Wildman–Crippen LogP) is 2.89. The molecule has 0 aromatic heterocycles. The third-order valence-electron chi connectivity index (χ3n) is 2.75. The van der Waals surface area contributed by atoms with Gasteiger partial charge in [0.15, 0.2) is 0 Å². The average Bonchev–Trinajstić information content (AvgIpc) is 2.96. The summed E-state index contributed by atoms with van der Waals surface area (Å²) in [7, 11) is 0. The van der Waals surface area contributed by atoms with E-state index < -0.39 is 23.6 Å². The van der Waals surface area contributed by atoms with E-state index in [4.69, 9.17) is 5.11 Å². The van der Waals surface area contributed by atoms with E-state index >= 15 is 0 Å². The van der Waals surface area contributed by atoms with Gasteiger partial charge < -0.3 is 5.11 Å². The van der Waals surface area contributed by atoms with Gasteiger partial charge in [-0.15, -0.1) is 0 Å². The van der Waals surface area contributed by atoms with Crippen LogP contribution < -0.4 is 0 Å². The van der Waals surface area contributed by atoms with Crippen molar-refractivity contribution in [2.75, 3.05) is 0 Å². The van der Waals surface area contributed by atoms with E-state index in [9.17, 15) is 18.0 Å². The van der Waals surface area contributed by atoms with Crippen LogP contribution in [0.5, 0.6) is 0 Å². The van der Waals surface area contributed by atoms with Crippen LogP contribution in [0.25, 0.3) is 0 Å². The fourth-order valence-corrected chi connectivity index (χ4v) is 1.78. The highest BCUT2D eigenvalue weighted by Crippen LogP contribution is 2.48. The Morgan fingerprint density at radius 1 is 1.38 bits per heavy atom. The van der Waals surface area contributed by atoms with Crippen molar-refractivity contribution in [1.82, 2.24) is 0 Å². The molecule has 0 bridgehead atoms. The maximum Gasteiger partial charge on any atom is 0.416 e. The van der Waals surface area contributed by atoms with Crippen LogP contribution in [0.4, 0.5) is 13.2 Å². The molecule has 1 N–H and O–H groups in total. The molecule has 1 aliphatic rings. The summed E-state index contributed by atoms with van der Waals surface area (Å²) < 4.78 is 37.2. The standard InChI is InChI=1S/C11H9F3O2/c12-11(13,14)7-3-1-2-6(4-7)8-5-9(8)10(15)16/h1-4,8-9H,5H2,(H,15,16)/t8?,9-/m1/s1. The molecule has 0 spiro atoms. The molecule has 16 heavy (non-hydrogen) atoms. The zero-order valence-electron chi connectivity index (χ0n) is 8.16. The molecule has 2 nitrogen and oxygen atoms in total. The number of carbonyl (C=O) groups is 1. The van der Waals surface area contributed by atoms with Crippen molar-refractivity contribution in [2.24, 2.45) is 5.92 Å². The fourth-order valence-electron chi connectivity index (χ4n) is 1.78. The fraction of sp³-hybridized carbons (Fsp3) is 0.364. The molecule has 86 valence electrons. The van der Waals surface area contributed by atoms with Crippen LogP contribution in [-0.2, 0) is 11.0 Å². The van der Waals surface area contributed by atoms with E-state index in [2.05, 4.69) is 0 Å². The van der Waals surface area contributed by atoms with Gasteiger partial charge >= 0.3 is 12.1 Å². The molecule has 1 aromatic carbocycles. The lowest BCUT2D eigenvalue weighted by Gasteiger charge is -2.08. The molecule has 2 atom stereocenters. The number of carboxylic acids is 1. The Morgan fingerprint density at radius 3 is 2.56 bits per heavy atom. The smallest absolute Gasteiger partial charge is 0.416 e. The summed E-state index contributed by atoms with van der Waals surface area (Å²) in [5.41, 5.74) is -0.261. The van der Waals surface area contributed by atoms with Gasteiger partial charge in [-0.05, 0) is 24.0 Å². The van der Waals surface area contributed by atoms with E-state index in [1.54, 1.807) is 6.07 Å². The Kier molecular flexibility index (Phi) is 2.40. The molecule has 1 aliphatic carbocycles. The molecule has 0 saturated heterocycles. The van der Waals surface area contributed by atoms with Crippen molar-refractivity contribution in [1.29, 1.82) is 0 Å². The summed E-state index contributed by atoms with van der Waals surface area (Å²) in [6, 6.07) is 4.88. The number of hydrogen-bond donors (Lipinski definition) is 1. The van der Waals surface area contributed by atoms with Crippen molar-refractivity contribution < 1.29 is 23.1 Å². The maximum atomic E-state index is 12.4. The van der Waals surface area contributed by atoms with E-state index in [1.165, 1.54) is 6.07 Å². The minimum absolute atomic E-state index is 0.264. The van der Waals surface area contributed by atoms with E-state index in [-0.39, 0.29) is 5.92 Å². The molecule has 1 saturated carbocycles. The highest BCUT2D eigenvalue weighted by molar-refractivity contribution is 5.75. The Bertz CT molecular complexity index is 425. The lowest BCUT2D eigenvalue weighted by molar-refractivity contribution is -0.138. The van der Waals surface area contributed by atoms with Crippen LogP contribution in [0, 0.1) is 5.92 Å². The van der Waals surface area contributed by atoms with Gasteiger partial charge in [0.25, 0.3) is 0 Å². The van der Waals surface area contributed by atoms with Gasteiger partial charge in [0, 0.05) is 0 Å². The number of hydrogen-bond acceptors (Lipinski definition) is 1. The molecular weight excluding hydrogens is 221 g/mol. The van der Waals surface area contributed by atoms with Crippen molar-refractivity contribution >= 4 is 5.97 Å². The molecule has 5 heteroatoms. The normalized spacial score (nSPS) is 24.2. The van der Waals surface area contributed by atoms with Gasteiger partial charge in [-0.1, -0.05) is 18.2 Å². The van der Waals surface area contributed by atoms with Gasteiger partial charge in [0.2, 0.25) is 0 Å². The van der Waals surface area contributed by atoms with E-state index in [0.717, 1.165) is 12.1 Å². The number of aliphatic carboxylic acids is 1. The first kappa shape index (κ1) is 11.0. The minimum Gasteiger partial charge on any atom is -0.481 e. The molecule has 2 rings (SSSR count). The molecule has 0 amide bonds. The summed E-state index contributed by atoms with van der Waals surface area (Å²) in [5, 5.41) is 8.69. The maximum absolute atomic E-state index is 12.4. The van der Waals surface area contributed by atoms with E-state index in [1.807, 2.05) is 0 Å². The van der Waals surface area contributed by atoms with Crippen molar-refractivity contribution in [3.05, 3.63) is 35.4 Å². The number of rotatable bonds is 2. The third kappa shape index (κ3) is 2.03. The number of halogens is 3. The van der Waals surface area contributed by atoms with Crippen LogP contribution >= 0.6 is 0 Å². The molecular formula is C11H9F3O2. The van der Waals surface area contributed by atoms with Crippen molar-refractivity contribution in [3.8, 4) is 0 Å². The molecule has 1 aromatic rings. The topological polar surface area (TPSA) is 37.3 Å². The monoisotopic (exact) mass is 230 g/mol. The molecule has 0 aliphatic heterocycles. The zero-order valence-corrected chi connectivity index (χ0v) is 8.16. The van der Waals surface area contributed by atoms with E-state index in [0.29, 0.717) is 12.0 Å². The first-order chi connectivity index (χ1) is 7.39. The predicted molar refractivity (Wildman–Crippen MR) is 49.9 cm³/mol. The largest absolute Gasteiger partial charge is 0.481 e. The van der Waals surface area contributed by atoms with Crippen LogP contribution in [0.2, 0.25) is 0 Å². The highest BCUT2D eigenvalue weighted by atomic mass is 19.4. The van der Waals surface area contributed by atoms with Gasteiger partial charge in [0.1, 0.15) is 0 Å². The Labute approximate surface area is 89.7 Å². The van der Waals surface area contributed by atoms with Crippen molar-refractivity contribution in [2.45, 2.75) is 18.5 Å². The van der Waals surface area contributed by atoms with Crippen molar-refractivity contribution in [3.63, 3.8) is 0 Å². The minimum atomic E-state index is -4.37. The lowest BCUT2D eigenvalue weighted by atomic mass is 10.1. The Morgan fingerprint density at radius 2 is 2.06 bits per heavy atom. The van der Waals surface area contributed by atoms with Crippen LogP contribution in [-0.4, -0.2) is 11.1 Å². The van der Waals surface area contributed by atoms with Gasteiger partial charge in [0.05, 0.1) is 11.5 Å². The molecule has 0 radical (unpaired) electrons. The summed E-state index contributed by atoms with van der Waals surface area (Å²) >= 11 is 0. The lowest BCUT2D eigenvalue weighted by Crippen LogP contribution is -2.05. The average molecular weight is 230 g/mol. The Balaban J connectivity index is 2.22. The third-order valence-corrected chi connectivity index (χ3v) is 2.75. The summed E-state index contributed by atoms with van der Waals surface area (Å²) in [6.07, 6.45) is -3.94. The number of alkyl halides is 3. The number of benzene rings is 1. The second kappa shape index (κ2) is 3.50. The van der Waals surface area contributed by atoms with Gasteiger partial charge in [-0.3, -0.25) is 4.79 Å². The first-order valence-electron chi connectivity index (χ1n) is 4.79. The Hall–Kier alpha value is -1.52. The zero-order chi connectivity index (χ0) is 11.9. The van der Waals surface area contributed by atoms with Gasteiger partial charge in [-0.25, -0.2) is 0 Å². The summed E-state index contributed by atoms with van der Waals surface area (Å²) in [4.78, 5) is 10.6. The highest BCUT2D eigenvalue weighted by Gasteiger charge is 2.44. The van der Waals surface area contributed by atoms with Gasteiger partial charge in [-0.2, -0.15) is 13.2 Å². The SMILES string of the molecule is O=C(O)[C@@H]1CC1c1cccc(C(F)(F)F)c1. The second-order valence-corrected chi connectivity index (χ2v) is 3.91. The second-order valence-electron chi connectivity index (χ2n) is 3.91. The molecule has 1 unspecified atom stereocenters. The first-order valence-corrected chi connectivity index (χ1v) is 4.79. The summed E-state index contributed by atoms with van der Waals surface area (Å²) in [6.45, 7) is 0. The summed E-state index contributed by atoms with van der Waals surface area (Å²) in [5.74, 6) is -1.73. The van der Waals surface area contributed by atoms with Crippen LogP contribution in [0.15, 0.2) is 24.3 Å². The van der Waals surface area contributed by atoms with Crippen LogP contribution in [0.3, 0.4) is 0 Å². The number of carboxylic acid groups (broad SMARTS) is 1. The molecule has 1 fully saturated rings. The quantitative estimate of drug-likeness (QED) is 0.848. The molecule has 0 heterocycles.